The van der Waals surface area contributed by atoms with Gasteiger partial charge in [-0.1, -0.05) is 6.92 Å². The highest BCUT2D eigenvalue weighted by atomic mass is 16.5. The van der Waals surface area contributed by atoms with Gasteiger partial charge in [-0.2, -0.15) is 0 Å². The first-order valence-electron chi connectivity index (χ1n) is 6.59. The molecule has 1 aromatic carbocycles. The smallest absolute Gasteiger partial charge is 0.196 e. The van der Waals surface area contributed by atoms with Crippen molar-refractivity contribution >= 4 is 5.78 Å². The molecule has 0 aliphatic carbocycles. The topological polar surface area (TPSA) is 39.4 Å². The lowest BCUT2D eigenvalue weighted by Crippen LogP contribution is -2.05. The standard InChI is InChI=1S/C16H16O3/c1-3-14-13(6-7-18-14)16(17)11-4-5-15-12(9-11)8-10(2)19-15/h4-7,9-10H,3,8H2,1-2H3. The lowest BCUT2D eigenvalue weighted by molar-refractivity contribution is 0.103. The molecule has 0 N–H and O–H groups in total. The summed E-state index contributed by atoms with van der Waals surface area (Å²) >= 11 is 0. The largest absolute Gasteiger partial charge is 0.490 e. The van der Waals surface area contributed by atoms with E-state index in [2.05, 4.69) is 0 Å². The maximum atomic E-state index is 12.5. The maximum Gasteiger partial charge on any atom is 0.196 e. The van der Waals surface area contributed by atoms with E-state index in [1.807, 2.05) is 32.0 Å². The van der Waals surface area contributed by atoms with Crippen molar-refractivity contribution in [1.29, 1.82) is 0 Å². The van der Waals surface area contributed by atoms with Crippen LogP contribution in [-0.4, -0.2) is 11.9 Å². The van der Waals surface area contributed by atoms with Crippen LogP contribution in [0.25, 0.3) is 0 Å². The Kier molecular flexibility index (Phi) is 2.90. The highest BCUT2D eigenvalue weighted by Crippen LogP contribution is 2.30. The van der Waals surface area contributed by atoms with Gasteiger partial charge >= 0.3 is 0 Å². The fourth-order valence-electron chi connectivity index (χ4n) is 2.54. The third-order valence-corrected chi connectivity index (χ3v) is 3.47. The van der Waals surface area contributed by atoms with Crippen LogP contribution >= 0.6 is 0 Å². The Bertz CT molecular complexity index is 625. The van der Waals surface area contributed by atoms with Gasteiger partial charge in [-0.3, -0.25) is 4.79 Å². The number of benzene rings is 1. The van der Waals surface area contributed by atoms with Gasteiger partial charge in [0.15, 0.2) is 5.78 Å². The molecule has 3 nitrogen and oxygen atoms in total. The fraction of sp³-hybridized carbons (Fsp3) is 0.312. The molecular formula is C16H16O3. The van der Waals surface area contributed by atoms with Crippen LogP contribution < -0.4 is 4.74 Å². The van der Waals surface area contributed by atoms with Gasteiger partial charge in [-0.05, 0) is 36.8 Å². The zero-order valence-electron chi connectivity index (χ0n) is 11.1. The summed E-state index contributed by atoms with van der Waals surface area (Å²) in [6, 6.07) is 7.39. The number of fused-ring (bicyclic) bond motifs is 1. The molecule has 98 valence electrons. The summed E-state index contributed by atoms with van der Waals surface area (Å²) in [5.41, 5.74) is 2.47. The number of aryl methyl sites for hydroxylation is 1. The molecule has 0 amide bonds. The highest BCUT2D eigenvalue weighted by molar-refractivity contribution is 6.09. The van der Waals surface area contributed by atoms with E-state index in [1.165, 1.54) is 0 Å². The monoisotopic (exact) mass is 256 g/mol. The molecule has 0 radical (unpaired) electrons. The molecule has 0 fully saturated rings. The Morgan fingerprint density at radius 2 is 2.21 bits per heavy atom. The second kappa shape index (κ2) is 4.57. The first-order valence-corrected chi connectivity index (χ1v) is 6.59. The second-order valence-electron chi connectivity index (χ2n) is 4.90. The predicted molar refractivity (Wildman–Crippen MR) is 71.8 cm³/mol. The van der Waals surface area contributed by atoms with Crippen molar-refractivity contribution in [3.8, 4) is 5.75 Å². The van der Waals surface area contributed by atoms with Crippen LogP contribution in [0.5, 0.6) is 5.75 Å². The summed E-state index contributed by atoms with van der Waals surface area (Å²) in [6.07, 6.45) is 3.35. The minimum Gasteiger partial charge on any atom is -0.490 e. The minimum absolute atomic E-state index is 0.0213. The Labute approximate surface area is 112 Å². The molecule has 0 saturated carbocycles. The van der Waals surface area contributed by atoms with Crippen molar-refractivity contribution in [2.75, 3.05) is 0 Å². The first kappa shape index (κ1) is 12.0. The molecular weight excluding hydrogens is 240 g/mol. The summed E-state index contributed by atoms with van der Waals surface area (Å²) in [5, 5.41) is 0. The van der Waals surface area contributed by atoms with Gasteiger partial charge in [-0.25, -0.2) is 0 Å². The molecule has 1 aliphatic heterocycles. The first-order chi connectivity index (χ1) is 9.19. The molecule has 3 heteroatoms. The zero-order chi connectivity index (χ0) is 13.4. The molecule has 3 rings (SSSR count). The minimum atomic E-state index is 0.0213. The van der Waals surface area contributed by atoms with Crippen molar-refractivity contribution in [3.63, 3.8) is 0 Å². The average molecular weight is 256 g/mol. The van der Waals surface area contributed by atoms with E-state index >= 15 is 0 Å². The van der Waals surface area contributed by atoms with E-state index in [1.54, 1.807) is 12.3 Å². The van der Waals surface area contributed by atoms with Gasteiger partial charge in [0.25, 0.3) is 0 Å². The van der Waals surface area contributed by atoms with Gasteiger partial charge in [0, 0.05) is 18.4 Å². The van der Waals surface area contributed by atoms with E-state index in [0.717, 1.165) is 29.9 Å². The van der Waals surface area contributed by atoms with Crippen LogP contribution in [0.1, 0.15) is 41.1 Å². The van der Waals surface area contributed by atoms with Gasteiger partial charge in [0.05, 0.1) is 11.8 Å². The van der Waals surface area contributed by atoms with E-state index < -0.39 is 0 Å². The van der Waals surface area contributed by atoms with E-state index in [4.69, 9.17) is 9.15 Å². The van der Waals surface area contributed by atoms with Crippen molar-refractivity contribution in [2.45, 2.75) is 32.8 Å². The summed E-state index contributed by atoms with van der Waals surface area (Å²) in [7, 11) is 0. The van der Waals surface area contributed by atoms with E-state index in [9.17, 15) is 4.79 Å². The number of ether oxygens (including phenoxy) is 1. The number of furan rings is 1. The number of hydrogen-bond donors (Lipinski definition) is 0. The van der Waals surface area contributed by atoms with Crippen LogP contribution in [0.2, 0.25) is 0 Å². The SMILES string of the molecule is CCc1occc1C(=O)c1ccc2c(c1)CC(C)O2. The van der Waals surface area contributed by atoms with Gasteiger partial charge in [0.2, 0.25) is 0 Å². The van der Waals surface area contributed by atoms with Gasteiger partial charge < -0.3 is 9.15 Å². The fourth-order valence-corrected chi connectivity index (χ4v) is 2.54. The van der Waals surface area contributed by atoms with Crippen molar-refractivity contribution in [1.82, 2.24) is 0 Å². The van der Waals surface area contributed by atoms with Gasteiger partial charge in [-0.15, -0.1) is 0 Å². The van der Waals surface area contributed by atoms with Crippen molar-refractivity contribution < 1.29 is 13.9 Å². The lowest BCUT2D eigenvalue weighted by atomic mass is 9.99. The average Bonchev–Trinajstić information content (AvgIpc) is 3.01. The third-order valence-electron chi connectivity index (χ3n) is 3.47. The Balaban J connectivity index is 1.95. The summed E-state index contributed by atoms with van der Waals surface area (Å²) in [4.78, 5) is 12.5. The second-order valence-corrected chi connectivity index (χ2v) is 4.90. The number of hydrogen-bond acceptors (Lipinski definition) is 3. The Morgan fingerprint density at radius 3 is 3.00 bits per heavy atom. The third kappa shape index (κ3) is 2.05. The number of carbonyl (C=O) groups is 1. The molecule has 1 unspecified atom stereocenters. The molecule has 2 aromatic rings. The Hall–Kier alpha value is -2.03. The van der Waals surface area contributed by atoms with Crippen molar-refractivity contribution in [2.24, 2.45) is 0 Å². The molecule has 0 bridgehead atoms. The molecule has 2 heterocycles. The van der Waals surface area contributed by atoms with E-state index in [-0.39, 0.29) is 11.9 Å². The maximum absolute atomic E-state index is 12.5. The van der Waals surface area contributed by atoms with Crippen LogP contribution in [0.3, 0.4) is 0 Å². The van der Waals surface area contributed by atoms with Crippen molar-refractivity contribution in [3.05, 3.63) is 53.0 Å². The molecule has 1 atom stereocenters. The lowest BCUT2D eigenvalue weighted by Gasteiger charge is -2.04. The number of carbonyl (C=O) groups excluding carboxylic acids is 1. The normalized spacial score (nSPS) is 17.1. The van der Waals surface area contributed by atoms with E-state index in [0.29, 0.717) is 11.1 Å². The van der Waals surface area contributed by atoms with Crippen LogP contribution in [0, 0.1) is 0 Å². The summed E-state index contributed by atoms with van der Waals surface area (Å²) < 4.78 is 11.0. The molecule has 1 aliphatic rings. The molecule has 0 saturated heterocycles. The van der Waals surface area contributed by atoms with Crippen LogP contribution in [0.4, 0.5) is 0 Å². The van der Waals surface area contributed by atoms with Gasteiger partial charge in [0.1, 0.15) is 17.6 Å². The molecule has 1 aromatic heterocycles. The number of ketones is 1. The summed E-state index contributed by atoms with van der Waals surface area (Å²) in [6.45, 7) is 4.01. The quantitative estimate of drug-likeness (QED) is 0.790. The summed E-state index contributed by atoms with van der Waals surface area (Å²) in [5.74, 6) is 1.66. The van der Waals surface area contributed by atoms with Crippen LogP contribution in [-0.2, 0) is 12.8 Å². The van der Waals surface area contributed by atoms with Crippen LogP contribution in [0.15, 0.2) is 34.9 Å². The Morgan fingerprint density at radius 1 is 1.37 bits per heavy atom. The zero-order valence-corrected chi connectivity index (χ0v) is 11.1. The highest BCUT2D eigenvalue weighted by Gasteiger charge is 2.22. The molecule has 0 spiro atoms. The number of rotatable bonds is 3. The predicted octanol–water partition coefficient (Wildman–Crippen LogP) is 3.40. The molecule has 19 heavy (non-hydrogen) atoms.